The smallest absolute Gasteiger partial charge is 0.272 e. The van der Waals surface area contributed by atoms with Crippen LogP contribution in [0, 0.1) is 5.41 Å². The van der Waals surface area contributed by atoms with Gasteiger partial charge in [-0.25, -0.2) is 0 Å². The zero-order valence-corrected chi connectivity index (χ0v) is 12.2. The molecule has 0 spiro atoms. The summed E-state index contributed by atoms with van der Waals surface area (Å²) in [5.41, 5.74) is 1.88. The summed E-state index contributed by atoms with van der Waals surface area (Å²) >= 11 is 0. The highest BCUT2D eigenvalue weighted by atomic mass is 16.2. The van der Waals surface area contributed by atoms with Crippen LogP contribution in [-0.4, -0.2) is 34.9 Å². The van der Waals surface area contributed by atoms with Gasteiger partial charge >= 0.3 is 0 Å². The molecule has 1 atom stereocenters. The molecule has 1 aromatic rings. The molecule has 4 nitrogen and oxygen atoms in total. The maximum atomic E-state index is 12.2. The Labute approximate surface area is 115 Å². The predicted molar refractivity (Wildman–Crippen MR) is 77.3 cm³/mol. The van der Waals surface area contributed by atoms with Crippen LogP contribution in [-0.2, 0) is 0 Å². The number of hydrogen-bond acceptors (Lipinski definition) is 3. The van der Waals surface area contributed by atoms with E-state index in [1.807, 2.05) is 26.0 Å². The summed E-state index contributed by atoms with van der Waals surface area (Å²) in [6, 6.07) is 4.29. The summed E-state index contributed by atoms with van der Waals surface area (Å²) in [5, 5.41) is 3.47. The molecule has 0 radical (unpaired) electrons. The summed E-state index contributed by atoms with van der Waals surface area (Å²) in [7, 11) is 0. The van der Waals surface area contributed by atoms with E-state index in [1.165, 1.54) is 6.42 Å². The first-order valence-corrected chi connectivity index (χ1v) is 6.99. The van der Waals surface area contributed by atoms with Crippen LogP contribution in [0.4, 0.5) is 5.69 Å². The van der Waals surface area contributed by atoms with E-state index in [9.17, 15) is 4.79 Å². The van der Waals surface area contributed by atoms with Crippen molar-refractivity contribution in [2.75, 3.05) is 18.4 Å². The van der Waals surface area contributed by atoms with Gasteiger partial charge in [0.2, 0.25) is 0 Å². The van der Waals surface area contributed by atoms with Gasteiger partial charge in [-0.2, -0.15) is 0 Å². The highest BCUT2D eigenvalue weighted by Crippen LogP contribution is 2.46. The van der Waals surface area contributed by atoms with E-state index in [4.69, 9.17) is 0 Å². The molecule has 1 aromatic heterocycles. The minimum Gasteiger partial charge on any atom is -0.382 e. The minimum absolute atomic E-state index is 0.00343. The molecule has 1 heterocycles. The Hall–Kier alpha value is -1.58. The van der Waals surface area contributed by atoms with Crippen molar-refractivity contribution < 1.29 is 4.79 Å². The fourth-order valence-electron chi connectivity index (χ4n) is 2.22. The Morgan fingerprint density at radius 3 is 2.63 bits per heavy atom. The van der Waals surface area contributed by atoms with Crippen LogP contribution in [0.3, 0.4) is 0 Å². The standard InChI is InChI=1S/C15H23N3O/c1-5-18(6-2)14(19)12-9-11(7-8-16-12)17-13-10-15(13,3)4/h7-9,13H,5-6,10H2,1-4H3,(H,16,17). The molecular formula is C15H23N3O. The minimum atomic E-state index is 0.00343. The van der Waals surface area contributed by atoms with Crippen molar-refractivity contribution in [3.05, 3.63) is 24.0 Å². The van der Waals surface area contributed by atoms with Gasteiger partial charge in [0, 0.05) is 31.0 Å². The van der Waals surface area contributed by atoms with Crippen LogP contribution in [0.25, 0.3) is 0 Å². The molecule has 0 aliphatic heterocycles. The Morgan fingerprint density at radius 2 is 2.11 bits per heavy atom. The van der Waals surface area contributed by atoms with Crippen molar-refractivity contribution in [2.45, 2.75) is 40.2 Å². The molecule has 1 fully saturated rings. The van der Waals surface area contributed by atoms with Gasteiger partial charge in [-0.3, -0.25) is 9.78 Å². The quantitative estimate of drug-likeness (QED) is 0.886. The van der Waals surface area contributed by atoms with Crippen LogP contribution >= 0.6 is 0 Å². The lowest BCUT2D eigenvalue weighted by molar-refractivity contribution is 0.0767. The molecular weight excluding hydrogens is 238 g/mol. The maximum absolute atomic E-state index is 12.2. The molecule has 4 heteroatoms. The lowest BCUT2D eigenvalue weighted by atomic mass is 10.2. The van der Waals surface area contributed by atoms with Gasteiger partial charge in [0.1, 0.15) is 5.69 Å². The van der Waals surface area contributed by atoms with Crippen LogP contribution in [0.2, 0.25) is 0 Å². The van der Waals surface area contributed by atoms with Crippen molar-refractivity contribution in [3.63, 3.8) is 0 Å². The van der Waals surface area contributed by atoms with Crippen molar-refractivity contribution in [3.8, 4) is 0 Å². The van der Waals surface area contributed by atoms with E-state index in [2.05, 4.69) is 24.1 Å². The van der Waals surface area contributed by atoms with E-state index in [-0.39, 0.29) is 5.91 Å². The molecule has 19 heavy (non-hydrogen) atoms. The van der Waals surface area contributed by atoms with Crippen molar-refractivity contribution in [1.29, 1.82) is 0 Å². The van der Waals surface area contributed by atoms with Gasteiger partial charge in [0.15, 0.2) is 0 Å². The topological polar surface area (TPSA) is 45.2 Å². The molecule has 1 saturated carbocycles. The number of nitrogens with one attached hydrogen (secondary N) is 1. The molecule has 1 amide bonds. The van der Waals surface area contributed by atoms with Crippen molar-refractivity contribution in [2.24, 2.45) is 5.41 Å². The van der Waals surface area contributed by atoms with Gasteiger partial charge in [-0.15, -0.1) is 0 Å². The first-order chi connectivity index (χ1) is 8.97. The van der Waals surface area contributed by atoms with Crippen LogP contribution in [0.15, 0.2) is 18.3 Å². The molecule has 1 unspecified atom stereocenters. The largest absolute Gasteiger partial charge is 0.382 e. The second kappa shape index (κ2) is 5.19. The van der Waals surface area contributed by atoms with Gasteiger partial charge in [-0.05, 0) is 37.8 Å². The van der Waals surface area contributed by atoms with Crippen LogP contribution < -0.4 is 5.32 Å². The van der Waals surface area contributed by atoms with Crippen molar-refractivity contribution >= 4 is 11.6 Å². The summed E-state index contributed by atoms with van der Waals surface area (Å²) in [6.07, 6.45) is 2.88. The first kappa shape index (κ1) is 13.8. The van der Waals surface area contributed by atoms with Crippen molar-refractivity contribution in [1.82, 2.24) is 9.88 Å². The molecule has 0 bridgehead atoms. The van der Waals surface area contributed by atoms with E-state index < -0.39 is 0 Å². The average Bonchev–Trinajstić information content (AvgIpc) is 2.98. The Kier molecular flexibility index (Phi) is 3.78. The van der Waals surface area contributed by atoms with E-state index in [1.54, 1.807) is 11.1 Å². The Morgan fingerprint density at radius 1 is 1.47 bits per heavy atom. The molecule has 0 aromatic carbocycles. The van der Waals surface area contributed by atoms with E-state index in [0.29, 0.717) is 30.2 Å². The second-order valence-electron chi connectivity index (χ2n) is 5.80. The highest BCUT2D eigenvalue weighted by molar-refractivity contribution is 5.93. The highest BCUT2D eigenvalue weighted by Gasteiger charge is 2.45. The number of aromatic nitrogens is 1. The molecule has 2 rings (SSSR count). The number of nitrogens with zero attached hydrogens (tertiary/aromatic N) is 2. The van der Waals surface area contributed by atoms with E-state index in [0.717, 1.165) is 5.69 Å². The molecule has 1 aliphatic carbocycles. The third kappa shape index (κ3) is 3.06. The van der Waals surface area contributed by atoms with Gasteiger partial charge in [-0.1, -0.05) is 13.8 Å². The number of anilines is 1. The first-order valence-electron chi connectivity index (χ1n) is 6.99. The summed E-state index contributed by atoms with van der Waals surface area (Å²) in [6.45, 7) is 9.88. The molecule has 1 aliphatic rings. The summed E-state index contributed by atoms with van der Waals surface area (Å²) in [5.74, 6) is 0.00343. The normalized spacial score (nSPS) is 19.9. The van der Waals surface area contributed by atoms with E-state index >= 15 is 0 Å². The number of carbonyl (C=O) groups excluding carboxylic acids is 1. The lowest BCUT2D eigenvalue weighted by Gasteiger charge is -2.18. The van der Waals surface area contributed by atoms with Gasteiger partial charge in [0.25, 0.3) is 5.91 Å². The van der Waals surface area contributed by atoms with Crippen LogP contribution in [0.1, 0.15) is 44.6 Å². The average molecular weight is 261 g/mol. The molecule has 1 N–H and O–H groups in total. The summed E-state index contributed by atoms with van der Waals surface area (Å²) in [4.78, 5) is 18.2. The number of carbonyl (C=O) groups is 1. The Balaban J connectivity index is 2.09. The molecule has 0 saturated heterocycles. The third-order valence-corrected chi connectivity index (χ3v) is 3.88. The monoisotopic (exact) mass is 261 g/mol. The van der Waals surface area contributed by atoms with Gasteiger partial charge in [0.05, 0.1) is 0 Å². The summed E-state index contributed by atoms with van der Waals surface area (Å²) < 4.78 is 0. The lowest BCUT2D eigenvalue weighted by Crippen LogP contribution is -2.31. The van der Waals surface area contributed by atoms with Gasteiger partial charge < -0.3 is 10.2 Å². The Bertz CT molecular complexity index is 466. The zero-order valence-electron chi connectivity index (χ0n) is 12.2. The third-order valence-electron chi connectivity index (χ3n) is 3.88. The second-order valence-corrected chi connectivity index (χ2v) is 5.80. The number of rotatable bonds is 5. The molecule has 104 valence electrons. The number of pyridine rings is 1. The maximum Gasteiger partial charge on any atom is 0.272 e. The predicted octanol–water partition coefficient (Wildman–Crippen LogP) is 2.77. The fourth-order valence-corrected chi connectivity index (χ4v) is 2.22. The fraction of sp³-hybridized carbons (Fsp3) is 0.600. The van der Waals surface area contributed by atoms with Crippen LogP contribution in [0.5, 0.6) is 0 Å². The number of hydrogen-bond donors (Lipinski definition) is 1. The number of amides is 1. The zero-order chi connectivity index (χ0) is 14.0. The SMILES string of the molecule is CCN(CC)C(=O)c1cc(NC2CC2(C)C)ccn1.